The van der Waals surface area contributed by atoms with Crippen molar-refractivity contribution in [2.75, 3.05) is 44.5 Å². The number of carbonyl (C=O) groups excluding carboxylic acids is 1. The summed E-state index contributed by atoms with van der Waals surface area (Å²) in [7, 11) is 3.33. The van der Waals surface area contributed by atoms with Gasteiger partial charge in [-0.15, -0.1) is 0 Å². The molecular weight excluding hydrogens is 497 g/mol. The van der Waals surface area contributed by atoms with Gasteiger partial charge in [0.15, 0.2) is 0 Å². The van der Waals surface area contributed by atoms with Gasteiger partial charge in [0.1, 0.15) is 23.7 Å². The molecule has 5 rings (SSSR count). The third-order valence-corrected chi connectivity index (χ3v) is 7.44. The molecule has 1 unspecified atom stereocenters. The van der Waals surface area contributed by atoms with E-state index in [0.29, 0.717) is 51.8 Å². The summed E-state index contributed by atoms with van der Waals surface area (Å²) < 4.78 is 24.6. The first-order valence-corrected chi connectivity index (χ1v) is 12.6. The van der Waals surface area contributed by atoms with Gasteiger partial charge in [0.2, 0.25) is 5.91 Å². The van der Waals surface area contributed by atoms with Crippen LogP contribution in [0.3, 0.4) is 0 Å². The zero-order valence-corrected chi connectivity index (χ0v) is 21.5. The number of anilines is 3. The highest BCUT2D eigenvalue weighted by Crippen LogP contribution is 2.39. The van der Waals surface area contributed by atoms with Crippen molar-refractivity contribution in [1.82, 2.24) is 14.9 Å². The van der Waals surface area contributed by atoms with Crippen LogP contribution in [0.1, 0.15) is 12.8 Å². The van der Waals surface area contributed by atoms with E-state index in [4.69, 9.17) is 21.1 Å². The van der Waals surface area contributed by atoms with Crippen LogP contribution in [-0.2, 0) is 9.53 Å². The molecule has 3 atom stereocenters. The van der Waals surface area contributed by atoms with E-state index in [-0.39, 0.29) is 10.9 Å². The average molecular weight is 526 g/mol. The number of amides is 1. The second-order valence-corrected chi connectivity index (χ2v) is 9.91. The molecule has 0 radical (unpaired) electrons. The van der Waals surface area contributed by atoms with Gasteiger partial charge in [-0.25, -0.2) is 14.4 Å². The lowest BCUT2D eigenvalue weighted by molar-refractivity contribution is -0.111. The minimum atomic E-state index is -0.505. The molecule has 0 spiro atoms. The van der Waals surface area contributed by atoms with E-state index in [2.05, 4.69) is 25.5 Å². The van der Waals surface area contributed by atoms with Crippen LogP contribution in [0.25, 0.3) is 10.9 Å². The Morgan fingerprint density at radius 2 is 1.97 bits per heavy atom. The monoisotopic (exact) mass is 525 g/mol. The van der Waals surface area contributed by atoms with Gasteiger partial charge in [0, 0.05) is 50.0 Å². The van der Waals surface area contributed by atoms with Gasteiger partial charge < -0.3 is 20.1 Å². The van der Waals surface area contributed by atoms with Gasteiger partial charge >= 0.3 is 0 Å². The molecule has 0 bridgehead atoms. The lowest BCUT2D eigenvalue weighted by Gasteiger charge is -2.16. The zero-order chi connectivity index (χ0) is 25.9. The molecule has 194 valence electrons. The minimum absolute atomic E-state index is 0.000999. The fraction of sp³-hybridized carbons (Fsp3) is 0.370. The summed E-state index contributed by atoms with van der Waals surface area (Å²) in [6.45, 7) is 2.82. The number of nitrogens with one attached hydrogen (secondary N) is 2. The maximum Gasteiger partial charge on any atom is 0.248 e. The standard InChI is InChI=1S/C27H29ClFN5O3/c1-36-19-8-16-13-34(14-17(16)9-19)7-3-4-26(35)33-24-11-20-23(12-25(24)37-2)30-15-31-27(20)32-18-5-6-22(29)21(28)10-18/h3-6,10-12,15-17,19H,7-9,13-14H2,1-2H3,(H,33,35)(H,30,31,32)/b4-3+/t16-,17+,19?. The van der Waals surface area contributed by atoms with Crippen LogP contribution in [-0.4, -0.2) is 60.7 Å². The van der Waals surface area contributed by atoms with Crippen molar-refractivity contribution < 1.29 is 18.7 Å². The fourth-order valence-corrected chi connectivity index (χ4v) is 5.51. The Balaban J connectivity index is 1.27. The first-order chi connectivity index (χ1) is 17.9. The maximum atomic E-state index is 13.6. The predicted molar refractivity (Wildman–Crippen MR) is 142 cm³/mol. The van der Waals surface area contributed by atoms with Crippen molar-refractivity contribution in [2.24, 2.45) is 11.8 Å². The number of nitrogens with zero attached hydrogens (tertiary/aromatic N) is 3. The van der Waals surface area contributed by atoms with E-state index in [1.807, 2.05) is 6.08 Å². The highest BCUT2D eigenvalue weighted by atomic mass is 35.5. The smallest absolute Gasteiger partial charge is 0.248 e. The first kappa shape index (κ1) is 25.4. The molecule has 1 aliphatic heterocycles. The first-order valence-electron chi connectivity index (χ1n) is 12.2. The number of likely N-dealkylation sites (tertiary alicyclic amines) is 1. The van der Waals surface area contributed by atoms with Crippen molar-refractivity contribution >= 4 is 45.6 Å². The normalized spacial score (nSPS) is 21.5. The fourth-order valence-electron chi connectivity index (χ4n) is 5.33. The Kier molecular flexibility index (Phi) is 7.55. The third kappa shape index (κ3) is 5.69. The molecule has 1 saturated carbocycles. The summed E-state index contributed by atoms with van der Waals surface area (Å²) >= 11 is 5.91. The van der Waals surface area contributed by atoms with Crippen molar-refractivity contribution in [3.05, 3.63) is 59.7 Å². The van der Waals surface area contributed by atoms with Crippen molar-refractivity contribution in [2.45, 2.75) is 18.9 Å². The molecule has 2 fully saturated rings. The van der Waals surface area contributed by atoms with Gasteiger partial charge in [0.25, 0.3) is 0 Å². The molecule has 10 heteroatoms. The molecule has 37 heavy (non-hydrogen) atoms. The van der Waals surface area contributed by atoms with E-state index in [9.17, 15) is 9.18 Å². The Hall–Kier alpha value is -3.27. The third-order valence-electron chi connectivity index (χ3n) is 7.15. The highest BCUT2D eigenvalue weighted by molar-refractivity contribution is 6.31. The zero-order valence-electron chi connectivity index (χ0n) is 20.7. The van der Waals surface area contributed by atoms with E-state index in [0.717, 1.165) is 32.5 Å². The van der Waals surface area contributed by atoms with Crippen molar-refractivity contribution in [1.29, 1.82) is 0 Å². The van der Waals surface area contributed by atoms with Gasteiger partial charge in [-0.05, 0) is 48.9 Å². The lowest BCUT2D eigenvalue weighted by atomic mass is 10.0. The van der Waals surface area contributed by atoms with Crippen molar-refractivity contribution in [3.8, 4) is 5.75 Å². The van der Waals surface area contributed by atoms with E-state index >= 15 is 0 Å². The predicted octanol–water partition coefficient (Wildman–Crippen LogP) is 5.03. The van der Waals surface area contributed by atoms with Crippen LogP contribution >= 0.6 is 11.6 Å². The summed E-state index contributed by atoms with van der Waals surface area (Å²) in [6, 6.07) is 7.80. The van der Waals surface area contributed by atoms with Crippen LogP contribution in [0.2, 0.25) is 5.02 Å². The molecule has 1 amide bonds. The Labute approximate surface area is 219 Å². The molecular formula is C27H29ClFN5O3. The SMILES string of the molecule is COc1cc2ncnc(Nc3ccc(F)c(Cl)c3)c2cc1NC(=O)/C=C/CN1C[C@H]2CC(OC)C[C@H]2C1. The summed E-state index contributed by atoms with van der Waals surface area (Å²) in [5, 5.41) is 6.69. The molecule has 2 aliphatic rings. The number of rotatable bonds is 8. The van der Waals surface area contributed by atoms with Crippen LogP contribution < -0.4 is 15.4 Å². The number of methoxy groups -OCH3 is 2. The van der Waals surface area contributed by atoms with Crippen molar-refractivity contribution in [3.63, 3.8) is 0 Å². The second-order valence-electron chi connectivity index (χ2n) is 9.51. The molecule has 2 N–H and O–H groups in total. The van der Waals surface area contributed by atoms with E-state index in [1.54, 1.807) is 31.4 Å². The molecule has 1 aliphatic carbocycles. The van der Waals surface area contributed by atoms with E-state index in [1.165, 1.54) is 25.6 Å². The number of carbonyl (C=O) groups is 1. The number of halogens is 2. The summed E-state index contributed by atoms with van der Waals surface area (Å²) in [4.78, 5) is 23.7. The Morgan fingerprint density at radius 3 is 2.68 bits per heavy atom. The second kappa shape index (κ2) is 11.0. The number of ether oxygens (including phenoxy) is 2. The molecule has 8 nitrogen and oxygen atoms in total. The van der Waals surface area contributed by atoms with Crippen LogP contribution in [0, 0.1) is 17.7 Å². The van der Waals surface area contributed by atoms with Crippen LogP contribution in [0.5, 0.6) is 5.75 Å². The summed E-state index contributed by atoms with van der Waals surface area (Å²) in [5.41, 5.74) is 1.67. The lowest BCUT2D eigenvalue weighted by Crippen LogP contribution is -2.23. The quantitative estimate of drug-likeness (QED) is 0.399. The van der Waals surface area contributed by atoms with Crippen LogP contribution in [0.15, 0.2) is 48.8 Å². The van der Waals surface area contributed by atoms with E-state index < -0.39 is 5.82 Å². The molecule has 1 saturated heterocycles. The number of hydrogen-bond acceptors (Lipinski definition) is 7. The van der Waals surface area contributed by atoms with Crippen LogP contribution in [0.4, 0.5) is 21.6 Å². The average Bonchev–Trinajstić information content (AvgIpc) is 3.45. The Morgan fingerprint density at radius 1 is 1.19 bits per heavy atom. The molecule has 2 aromatic carbocycles. The number of aromatic nitrogens is 2. The Bertz CT molecular complexity index is 1320. The molecule has 2 heterocycles. The number of hydrogen-bond donors (Lipinski definition) is 2. The van der Waals surface area contributed by atoms with Gasteiger partial charge in [0.05, 0.1) is 29.4 Å². The summed E-state index contributed by atoms with van der Waals surface area (Å²) in [5.74, 6) is 1.57. The maximum absolute atomic E-state index is 13.6. The number of fused-ring (bicyclic) bond motifs is 2. The molecule has 1 aromatic heterocycles. The van der Waals surface area contributed by atoms with Gasteiger partial charge in [-0.2, -0.15) is 0 Å². The van der Waals surface area contributed by atoms with Gasteiger partial charge in [-0.3, -0.25) is 9.69 Å². The highest BCUT2D eigenvalue weighted by Gasteiger charge is 2.40. The minimum Gasteiger partial charge on any atom is -0.494 e. The largest absolute Gasteiger partial charge is 0.494 e. The topological polar surface area (TPSA) is 88.6 Å². The number of benzene rings is 2. The summed E-state index contributed by atoms with van der Waals surface area (Å²) in [6.07, 6.45) is 7.50. The molecule has 3 aromatic rings. The van der Waals surface area contributed by atoms with Gasteiger partial charge in [-0.1, -0.05) is 17.7 Å².